The average molecular weight is 271 g/mol. The Kier molecular flexibility index (Phi) is 3.94. The van der Waals surface area contributed by atoms with Gasteiger partial charge >= 0.3 is 5.97 Å². The second-order valence-electron chi connectivity index (χ2n) is 5.11. The minimum Gasteiger partial charge on any atom is -0.481 e. The van der Waals surface area contributed by atoms with Gasteiger partial charge in [-0.2, -0.15) is 11.8 Å². The Morgan fingerprint density at radius 3 is 2.61 bits per heavy atom. The first-order valence-electron chi connectivity index (χ1n) is 6.15. The maximum absolute atomic E-state index is 11.8. The van der Waals surface area contributed by atoms with E-state index in [-0.39, 0.29) is 29.4 Å². The Balaban J connectivity index is 1.71. The number of hydrogen-bond acceptors (Lipinski definition) is 4. The van der Waals surface area contributed by atoms with Gasteiger partial charge in [0.2, 0.25) is 11.8 Å². The number of aliphatic carboxylic acids is 1. The number of amides is 2. The van der Waals surface area contributed by atoms with Gasteiger partial charge in [-0.15, -0.1) is 0 Å². The molecule has 0 aromatic carbocycles. The molecule has 0 spiro atoms. The highest BCUT2D eigenvalue weighted by molar-refractivity contribution is 8.00. The summed E-state index contributed by atoms with van der Waals surface area (Å²) in [4.78, 5) is 35.1. The van der Waals surface area contributed by atoms with Crippen molar-refractivity contribution >= 4 is 29.5 Å². The number of carbonyl (C=O) groups is 3. The predicted octanol–water partition coefficient (Wildman–Crippen LogP) is 1.12. The van der Waals surface area contributed by atoms with Crippen LogP contribution in [0.5, 0.6) is 0 Å². The van der Waals surface area contributed by atoms with E-state index < -0.39 is 5.97 Å². The number of nitrogens with zero attached hydrogens (tertiary/aromatic N) is 1. The van der Waals surface area contributed by atoms with E-state index in [1.54, 1.807) is 0 Å². The zero-order valence-corrected chi connectivity index (χ0v) is 11.0. The van der Waals surface area contributed by atoms with Crippen LogP contribution in [0.1, 0.15) is 32.1 Å². The Hall–Kier alpha value is -1.04. The Labute approximate surface area is 110 Å². The zero-order valence-electron chi connectivity index (χ0n) is 10.2. The minimum atomic E-state index is -0.769. The zero-order chi connectivity index (χ0) is 13.2. The number of carboxylic acids is 1. The molecule has 0 aromatic rings. The van der Waals surface area contributed by atoms with Gasteiger partial charge < -0.3 is 5.11 Å². The highest BCUT2D eigenvalue weighted by Crippen LogP contribution is 2.50. The Morgan fingerprint density at radius 1 is 1.39 bits per heavy atom. The van der Waals surface area contributed by atoms with Crippen LogP contribution in [-0.4, -0.2) is 45.8 Å². The van der Waals surface area contributed by atoms with Gasteiger partial charge in [-0.1, -0.05) is 0 Å². The molecule has 1 aliphatic carbocycles. The van der Waals surface area contributed by atoms with E-state index >= 15 is 0 Å². The normalized spacial score (nSPS) is 21.1. The van der Waals surface area contributed by atoms with Crippen molar-refractivity contribution < 1.29 is 19.5 Å². The number of rotatable bonds is 6. The van der Waals surface area contributed by atoms with E-state index in [0.717, 1.165) is 19.3 Å². The van der Waals surface area contributed by atoms with Gasteiger partial charge in [0.1, 0.15) is 0 Å². The topological polar surface area (TPSA) is 74.7 Å². The lowest BCUT2D eigenvalue weighted by Gasteiger charge is -2.15. The fourth-order valence-electron chi connectivity index (χ4n) is 2.21. The molecule has 2 aliphatic rings. The summed E-state index contributed by atoms with van der Waals surface area (Å²) in [6, 6.07) is 0. The number of imide groups is 1. The van der Waals surface area contributed by atoms with Crippen LogP contribution in [0.3, 0.4) is 0 Å². The second-order valence-corrected chi connectivity index (χ2v) is 6.09. The quantitative estimate of drug-likeness (QED) is 0.783. The highest BCUT2D eigenvalue weighted by atomic mass is 32.2. The molecule has 1 saturated heterocycles. The third-order valence-electron chi connectivity index (χ3n) is 3.49. The van der Waals surface area contributed by atoms with Crippen molar-refractivity contribution in [3.63, 3.8) is 0 Å². The molecule has 100 valence electrons. The summed E-state index contributed by atoms with van der Waals surface area (Å²) in [5.74, 6) is 0.00948. The fraction of sp³-hybridized carbons (Fsp3) is 0.750. The molecule has 1 saturated carbocycles. The lowest BCUT2D eigenvalue weighted by molar-refractivity contribution is -0.140. The molecule has 0 unspecified atom stereocenters. The maximum atomic E-state index is 11.8. The Morgan fingerprint density at radius 2 is 2.11 bits per heavy atom. The van der Waals surface area contributed by atoms with Gasteiger partial charge in [-0.05, 0) is 30.4 Å². The first-order chi connectivity index (χ1) is 8.52. The third-order valence-corrected chi connectivity index (χ3v) is 4.76. The van der Waals surface area contributed by atoms with Crippen molar-refractivity contribution in [2.24, 2.45) is 5.41 Å². The largest absolute Gasteiger partial charge is 0.481 e. The minimum absolute atomic E-state index is 0.0766. The molecular weight excluding hydrogens is 254 g/mol. The summed E-state index contributed by atoms with van der Waals surface area (Å²) in [5, 5.41) is 8.78. The molecule has 18 heavy (non-hydrogen) atoms. The summed E-state index contributed by atoms with van der Waals surface area (Å²) in [7, 11) is 0. The predicted molar refractivity (Wildman–Crippen MR) is 67.2 cm³/mol. The molecule has 0 atom stereocenters. The van der Waals surface area contributed by atoms with Crippen LogP contribution in [-0.2, 0) is 14.4 Å². The number of carbonyl (C=O) groups excluding carboxylic acids is 2. The summed E-state index contributed by atoms with van der Waals surface area (Å²) >= 11 is 1.45. The van der Waals surface area contributed by atoms with Crippen molar-refractivity contribution in [1.29, 1.82) is 0 Å². The molecular formula is C12H17NO4S. The third kappa shape index (κ3) is 3.25. The molecule has 2 amide bonds. The first kappa shape index (κ1) is 13.4. The number of hydrogen-bond donors (Lipinski definition) is 1. The van der Waals surface area contributed by atoms with E-state index in [1.807, 2.05) is 0 Å². The smallest absolute Gasteiger partial charge is 0.303 e. The van der Waals surface area contributed by atoms with E-state index in [1.165, 1.54) is 16.7 Å². The highest BCUT2D eigenvalue weighted by Gasteiger charge is 2.44. The van der Waals surface area contributed by atoms with Crippen LogP contribution in [0, 0.1) is 5.41 Å². The fourth-order valence-corrected chi connectivity index (χ4v) is 3.47. The molecule has 2 fully saturated rings. The van der Waals surface area contributed by atoms with Gasteiger partial charge in [-0.25, -0.2) is 0 Å². The first-order valence-corrected chi connectivity index (χ1v) is 7.31. The van der Waals surface area contributed by atoms with Crippen molar-refractivity contribution in [1.82, 2.24) is 4.90 Å². The second kappa shape index (κ2) is 5.30. The molecule has 1 aliphatic heterocycles. The molecule has 1 heterocycles. The van der Waals surface area contributed by atoms with E-state index in [0.29, 0.717) is 18.7 Å². The monoisotopic (exact) mass is 271 g/mol. The van der Waals surface area contributed by atoms with Crippen LogP contribution in [0.15, 0.2) is 0 Å². The summed E-state index contributed by atoms with van der Waals surface area (Å²) < 4.78 is 0. The van der Waals surface area contributed by atoms with E-state index in [9.17, 15) is 14.4 Å². The lowest BCUT2D eigenvalue weighted by atomic mass is 10.1. The van der Waals surface area contributed by atoms with Crippen molar-refractivity contribution in [3.8, 4) is 0 Å². The Bertz CT molecular complexity index is 378. The standard InChI is InChI=1S/C12H17NO4S/c14-9-2-1-5-13(9)10(15)7-18-8-12(3-4-12)6-11(16)17/h1-8H2,(H,16,17). The maximum Gasteiger partial charge on any atom is 0.303 e. The molecule has 6 heteroatoms. The summed E-state index contributed by atoms with van der Waals surface area (Å²) in [6.45, 7) is 0.540. The van der Waals surface area contributed by atoms with Crippen molar-refractivity contribution in [2.75, 3.05) is 18.1 Å². The van der Waals surface area contributed by atoms with Crippen LogP contribution < -0.4 is 0 Å². The summed E-state index contributed by atoms with van der Waals surface area (Å²) in [5.41, 5.74) is -0.0915. The van der Waals surface area contributed by atoms with E-state index in [4.69, 9.17) is 5.11 Å². The SMILES string of the molecule is O=C(O)CC1(CSCC(=O)N2CCCC2=O)CC1. The van der Waals surface area contributed by atoms with Gasteiger partial charge in [0.25, 0.3) is 0 Å². The number of thioether (sulfide) groups is 1. The number of likely N-dealkylation sites (tertiary alicyclic amines) is 1. The van der Waals surface area contributed by atoms with Crippen LogP contribution >= 0.6 is 11.8 Å². The lowest BCUT2D eigenvalue weighted by Crippen LogP contribution is -2.33. The van der Waals surface area contributed by atoms with Gasteiger partial charge in [0, 0.05) is 13.0 Å². The van der Waals surface area contributed by atoms with Gasteiger partial charge in [-0.3, -0.25) is 19.3 Å². The van der Waals surface area contributed by atoms with Gasteiger partial charge in [0.05, 0.1) is 12.2 Å². The molecule has 2 rings (SSSR count). The molecule has 1 N–H and O–H groups in total. The van der Waals surface area contributed by atoms with Crippen molar-refractivity contribution in [2.45, 2.75) is 32.1 Å². The molecule has 0 aromatic heterocycles. The van der Waals surface area contributed by atoms with Gasteiger partial charge in [0.15, 0.2) is 0 Å². The molecule has 0 bridgehead atoms. The van der Waals surface area contributed by atoms with E-state index in [2.05, 4.69) is 0 Å². The van der Waals surface area contributed by atoms with Crippen LogP contribution in [0.4, 0.5) is 0 Å². The molecule has 0 radical (unpaired) electrons. The molecule has 5 nitrogen and oxygen atoms in total. The number of carboxylic acid groups (broad SMARTS) is 1. The van der Waals surface area contributed by atoms with Crippen LogP contribution in [0.2, 0.25) is 0 Å². The summed E-state index contributed by atoms with van der Waals surface area (Å²) in [6.07, 6.45) is 3.29. The van der Waals surface area contributed by atoms with Crippen molar-refractivity contribution in [3.05, 3.63) is 0 Å². The average Bonchev–Trinajstić information content (AvgIpc) is 2.88. The van der Waals surface area contributed by atoms with Crippen LogP contribution in [0.25, 0.3) is 0 Å².